The van der Waals surface area contributed by atoms with E-state index < -0.39 is 23.6 Å². The molecule has 0 aromatic heterocycles. The summed E-state index contributed by atoms with van der Waals surface area (Å²) >= 11 is 0. The van der Waals surface area contributed by atoms with Crippen molar-refractivity contribution in [1.82, 2.24) is 4.90 Å². The van der Waals surface area contributed by atoms with Gasteiger partial charge >= 0.3 is 6.09 Å². The fourth-order valence-electron chi connectivity index (χ4n) is 1.78. The topological polar surface area (TPSA) is 72.6 Å². The van der Waals surface area contributed by atoms with Gasteiger partial charge in [-0.2, -0.15) is 0 Å². The molecule has 5 heteroatoms. The van der Waals surface area contributed by atoms with Gasteiger partial charge < -0.3 is 10.5 Å². The molecule has 5 nitrogen and oxygen atoms in total. The maximum absolute atomic E-state index is 12.5. The minimum atomic E-state index is -0.740. The van der Waals surface area contributed by atoms with Crippen LogP contribution < -0.4 is 5.73 Å². The molecule has 1 rings (SSSR count). The maximum Gasteiger partial charge on any atom is 0.417 e. The van der Waals surface area contributed by atoms with E-state index >= 15 is 0 Å². The Balaban J connectivity index is 2.99. The second-order valence-electron chi connectivity index (χ2n) is 6.66. The molecular formula is C17H26N2O3. The molecule has 0 aliphatic heterocycles. The molecule has 22 heavy (non-hydrogen) atoms. The Morgan fingerprint density at radius 2 is 1.73 bits per heavy atom. The van der Waals surface area contributed by atoms with Crippen LogP contribution in [0.25, 0.3) is 0 Å². The van der Waals surface area contributed by atoms with E-state index in [1.165, 1.54) is 0 Å². The molecule has 122 valence electrons. The number of hydrogen-bond donors (Lipinski definition) is 1. The zero-order valence-electron chi connectivity index (χ0n) is 14.0. The highest BCUT2D eigenvalue weighted by atomic mass is 16.6. The standard InChI is InChI=1S/C17H26N2O3/c1-12(2)14(18)15(20)19(16(21)22-17(3,4)5)11-13-9-7-6-8-10-13/h6-10,12,14H,11,18H2,1-5H3/t14-/m0/s1. The predicted molar refractivity (Wildman–Crippen MR) is 86.0 cm³/mol. The fourth-order valence-corrected chi connectivity index (χ4v) is 1.78. The van der Waals surface area contributed by atoms with Crippen molar-refractivity contribution in [2.45, 2.75) is 52.8 Å². The summed E-state index contributed by atoms with van der Waals surface area (Å²) in [4.78, 5) is 26.0. The van der Waals surface area contributed by atoms with Crippen molar-refractivity contribution in [2.24, 2.45) is 11.7 Å². The lowest BCUT2D eigenvalue weighted by Gasteiger charge is -2.28. The van der Waals surface area contributed by atoms with Crippen LogP contribution >= 0.6 is 0 Å². The molecule has 0 radical (unpaired) electrons. The lowest BCUT2D eigenvalue weighted by Crippen LogP contribution is -2.50. The maximum atomic E-state index is 12.5. The van der Waals surface area contributed by atoms with Crippen LogP contribution in [0.15, 0.2) is 30.3 Å². The van der Waals surface area contributed by atoms with Crippen LogP contribution in [0.3, 0.4) is 0 Å². The molecule has 1 atom stereocenters. The number of amides is 2. The minimum absolute atomic E-state index is 0.0618. The van der Waals surface area contributed by atoms with Crippen LogP contribution in [0.4, 0.5) is 4.79 Å². The first-order valence-electron chi connectivity index (χ1n) is 7.45. The van der Waals surface area contributed by atoms with Crippen LogP contribution in [0, 0.1) is 5.92 Å². The number of hydrogen-bond acceptors (Lipinski definition) is 4. The Labute approximate surface area is 132 Å². The number of nitrogens with two attached hydrogens (primary N) is 1. The zero-order chi connectivity index (χ0) is 16.9. The summed E-state index contributed by atoms with van der Waals surface area (Å²) in [6, 6.07) is 8.56. The Morgan fingerprint density at radius 3 is 2.18 bits per heavy atom. The smallest absolute Gasteiger partial charge is 0.417 e. The Kier molecular flexibility index (Phi) is 6.11. The van der Waals surface area contributed by atoms with E-state index in [1.807, 2.05) is 44.2 Å². The van der Waals surface area contributed by atoms with E-state index in [-0.39, 0.29) is 12.5 Å². The Hall–Kier alpha value is -1.88. The summed E-state index contributed by atoms with van der Waals surface area (Å²) in [6.07, 6.45) is -0.669. The van der Waals surface area contributed by atoms with Crippen molar-refractivity contribution in [2.75, 3.05) is 0 Å². The molecule has 0 unspecified atom stereocenters. The van der Waals surface area contributed by atoms with Crippen LogP contribution in [-0.2, 0) is 16.1 Å². The number of carbonyl (C=O) groups is 2. The van der Waals surface area contributed by atoms with Crippen molar-refractivity contribution in [3.63, 3.8) is 0 Å². The van der Waals surface area contributed by atoms with Gasteiger partial charge in [-0.25, -0.2) is 9.69 Å². The van der Waals surface area contributed by atoms with E-state index in [2.05, 4.69) is 0 Å². The average molecular weight is 306 g/mol. The largest absolute Gasteiger partial charge is 0.443 e. The van der Waals surface area contributed by atoms with Gasteiger partial charge in [0, 0.05) is 0 Å². The van der Waals surface area contributed by atoms with Crippen LogP contribution in [-0.4, -0.2) is 28.5 Å². The highest BCUT2D eigenvalue weighted by Gasteiger charge is 2.31. The zero-order valence-corrected chi connectivity index (χ0v) is 14.0. The summed E-state index contributed by atoms with van der Waals surface area (Å²) in [5.74, 6) is -0.485. The quantitative estimate of drug-likeness (QED) is 0.928. The highest BCUT2D eigenvalue weighted by Crippen LogP contribution is 2.15. The molecule has 0 spiro atoms. The van der Waals surface area contributed by atoms with Gasteiger partial charge in [0.1, 0.15) is 5.60 Å². The van der Waals surface area contributed by atoms with E-state index in [1.54, 1.807) is 20.8 Å². The van der Waals surface area contributed by atoms with E-state index in [0.717, 1.165) is 10.5 Å². The molecule has 2 N–H and O–H groups in total. The third-order valence-electron chi connectivity index (χ3n) is 3.07. The van der Waals surface area contributed by atoms with Gasteiger partial charge in [0.25, 0.3) is 0 Å². The van der Waals surface area contributed by atoms with Gasteiger partial charge in [-0.3, -0.25) is 4.79 Å². The molecule has 0 aliphatic rings. The summed E-state index contributed by atoms with van der Waals surface area (Å²) < 4.78 is 5.33. The molecule has 0 aliphatic carbocycles. The molecule has 0 saturated heterocycles. The second-order valence-corrected chi connectivity index (χ2v) is 6.66. The number of nitrogens with zero attached hydrogens (tertiary/aromatic N) is 1. The van der Waals surface area contributed by atoms with Crippen molar-refractivity contribution < 1.29 is 14.3 Å². The number of carbonyl (C=O) groups excluding carboxylic acids is 2. The summed E-state index contributed by atoms with van der Waals surface area (Å²) in [6.45, 7) is 9.13. The van der Waals surface area contributed by atoms with Crippen LogP contribution in [0.5, 0.6) is 0 Å². The lowest BCUT2D eigenvalue weighted by molar-refractivity contribution is -0.133. The summed E-state index contributed by atoms with van der Waals surface area (Å²) in [5.41, 5.74) is 6.09. The molecule has 2 amide bonds. The molecule has 0 bridgehead atoms. The first kappa shape index (κ1) is 18.2. The third kappa shape index (κ3) is 5.48. The number of benzene rings is 1. The molecule has 1 aromatic carbocycles. The second kappa shape index (κ2) is 7.40. The van der Waals surface area contributed by atoms with Gasteiger partial charge in [0.05, 0.1) is 12.6 Å². The fraction of sp³-hybridized carbons (Fsp3) is 0.529. The molecular weight excluding hydrogens is 280 g/mol. The van der Waals surface area contributed by atoms with Gasteiger partial charge in [0.15, 0.2) is 0 Å². The van der Waals surface area contributed by atoms with Gasteiger partial charge in [-0.1, -0.05) is 44.2 Å². The molecule has 0 saturated carbocycles. The first-order valence-corrected chi connectivity index (χ1v) is 7.45. The average Bonchev–Trinajstić information content (AvgIpc) is 2.42. The molecule has 1 aromatic rings. The Bertz CT molecular complexity index is 506. The monoisotopic (exact) mass is 306 g/mol. The third-order valence-corrected chi connectivity index (χ3v) is 3.07. The lowest BCUT2D eigenvalue weighted by atomic mass is 10.0. The van der Waals surface area contributed by atoms with E-state index in [0.29, 0.717) is 0 Å². The normalized spacial score (nSPS) is 12.9. The van der Waals surface area contributed by atoms with Gasteiger partial charge in [-0.15, -0.1) is 0 Å². The number of rotatable bonds is 4. The first-order chi connectivity index (χ1) is 10.1. The van der Waals surface area contributed by atoms with Gasteiger partial charge in [-0.05, 0) is 32.3 Å². The number of ether oxygens (including phenoxy) is 1. The highest BCUT2D eigenvalue weighted by molar-refractivity contribution is 5.95. The molecule has 0 fully saturated rings. The summed E-state index contributed by atoms with van der Waals surface area (Å²) in [5, 5.41) is 0. The van der Waals surface area contributed by atoms with Crippen molar-refractivity contribution in [3.05, 3.63) is 35.9 Å². The van der Waals surface area contributed by atoms with Crippen molar-refractivity contribution in [1.29, 1.82) is 0 Å². The molecule has 0 heterocycles. The SMILES string of the molecule is CC(C)[C@H](N)C(=O)N(Cc1ccccc1)C(=O)OC(C)(C)C. The Morgan fingerprint density at radius 1 is 1.18 bits per heavy atom. The van der Waals surface area contributed by atoms with Crippen LogP contribution in [0.2, 0.25) is 0 Å². The van der Waals surface area contributed by atoms with Crippen molar-refractivity contribution in [3.8, 4) is 0 Å². The van der Waals surface area contributed by atoms with E-state index in [9.17, 15) is 9.59 Å². The minimum Gasteiger partial charge on any atom is -0.443 e. The van der Waals surface area contributed by atoms with E-state index in [4.69, 9.17) is 10.5 Å². The summed E-state index contributed by atoms with van der Waals surface area (Å²) in [7, 11) is 0. The van der Waals surface area contributed by atoms with Gasteiger partial charge in [0.2, 0.25) is 5.91 Å². The van der Waals surface area contributed by atoms with Crippen molar-refractivity contribution >= 4 is 12.0 Å². The predicted octanol–water partition coefficient (Wildman–Crippen LogP) is 2.93. The van der Waals surface area contributed by atoms with Crippen LogP contribution in [0.1, 0.15) is 40.2 Å². The number of imide groups is 1.